The van der Waals surface area contributed by atoms with Gasteiger partial charge in [0.15, 0.2) is 0 Å². The molecule has 0 saturated heterocycles. The standard InChI is InChI=1S/C13H13ClN2O/c14-11-4-3-5-12(10-11)15-7-9-16-8-2-1-6-13(16)17/h1-6,8,10,15H,7,9H2. The first-order valence-electron chi connectivity index (χ1n) is 5.40. The Kier molecular flexibility index (Phi) is 3.83. The Balaban J connectivity index is 1.92. The van der Waals surface area contributed by atoms with Crippen LogP contribution in [-0.4, -0.2) is 11.1 Å². The Morgan fingerprint density at radius 2 is 2.06 bits per heavy atom. The van der Waals surface area contributed by atoms with Gasteiger partial charge in [0, 0.05) is 36.1 Å². The number of aromatic nitrogens is 1. The highest BCUT2D eigenvalue weighted by Gasteiger charge is 1.95. The van der Waals surface area contributed by atoms with Gasteiger partial charge in [-0.05, 0) is 24.3 Å². The van der Waals surface area contributed by atoms with E-state index in [0.29, 0.717) is 18.1 Å². The zero-order valence-electron chi connectivity index (χ0n) is 9.27. The summed E-state index contributed by atoms with van der Waals surface area (Å²) >= 11 is 5.87. The summed E-state index contributed by atoms with van der Waals surface area (Å²) in [5, 5.41) is 3.92. The fourth-order valence-electron chi connectivity index (χ4n) is 1.56. The van der Waals surface area contributed by atoms with Crippen molar-refractivity contribution in [1.29, 1.82) is 0 Å². The number of halogens is 1. The van der Waals surface area contributed by atoms with E-state index in [2.05, 4.69) is 5.32 Å². The smallest absolute Gasteiger partial charge is 0.250 e. The Labute approximate surface area is 105 Å². The molecule has 0 aliphatic rings. The fraction of sp³-hybridized carbons (Fsp3) is 0.154. The minimum Gasteiger partial charge on any atom is -0.383 e. The monoisotopic (exact) mass is 248 g/mol. The van der Waals surface area contributed by atoms with Crippen molar-refractivity contribution in [3.05, 3.63) is 64.0 Å². The molecule has 0 atom stereocenters. The molecule has 2 aromatic rings. The SMILES string of the molecule is O=c1ccccn1CCNc1cccc(Cl)c1. The maximum absolute atomic E-state index is 11.4. The van der Waals surface area contributed by atoms with E-state index in [9.17, 15) is 4.79 Å². The van der Waals surface area contributed by atoms with Gasteiger partial charge in [-0.1, -0.05) is 23.7 Å². The first-order chi connectivity index (χ1) is 8.25. The van der Waals surface area contributed by atoms with Crippen molar-refractivity contribution in [3.63, 3.8) is 0 Å². The summed E-state index contributed by atoms with van der Waals surface area (Å²) in [6.07, 6.45) is 1.78. The zero-order valence-corrected chi connectivity index (χ0v) is 10.0. The molecule has 0 saturated carbocycles. The molecule has 0 aliphatic heterocycles. The Morgan fingerprint density at radius 1 is 1.18 bits per heavy atom. The summed E-state index contributed by atoms with van der Waals surface area (Å²) in [4.78, 5) is 11.4. The van der Waals surface area contributed by atoms with Crippen molar-refractivity contribution in [3.8, 4) is 0 Å². The summed E-state index contributed by atoms with van der Waals surface area (Å²) in [7, 11) is 0. The lowest BCUT2D eigenvalue weighted by Gasteiger charge is -2.08. The van der Waals surface area contributed by atoms with Crippen LogP contribution in [0, 0.1) is 0 Å². The second-order valence-electron chi connectivity index (χ2n) is 3.67. The molecule has 2 rings (SSSR count). The summed E-state index contributed by atoms with van der Waals surface area (Å²) in [5.41, 5.74) is 0.974. The van der Waals surface area contributed by atoms with Crippen LogP contribution in [0.3, 0.4) is 0 Å². The van der Waals surface area contributed by atoms with E-state index in [-0.39, 0.29) is 5.56 Å². The van der Waals surface area contributed by atoms with E-state index in [1.54, 1.807) is 22.9 Å². The molecule has 1 heterocycles. The first kappa shape index (κ1) is 11.7. The molecule has 88 valence electrons. The number of pyridine rings is 1. The number of rotatable bonds is 4. The summed E-state index contributed by atoms with van der Waals surface area (Å²) in [6, 6.07) is 12.7. The lowest BCUT2D eigenvalue weighted by atomic mass is 10.3. The topological polar surface area (TPSA) is 34.0 Å². The number of hydrogen-bond donors (Lipinski definition) is 1. The van der Waals surface area contributed by atoms with Crippen molar-refractivity contribution in [2.45, 2.75) is 6.54 Å². The van der Waals surface area contributed by atoms with Crippen LogP contribution in [0.5, 0.6) is 0 Å². The Hall–Kier alpha value is -1.74. The van der Waals surface area contributed by atoms with Gasteiger partial charge in [-0.15, -0.1) is 0 Å². The van der Waals surface area contributed by atoms with E-state index in [0.717, 1.165) is 5.69 Å². The second-order valence-corrected chi connectivity index (χ2v) is 4.11. The van der Waals surface area contributed by atoms with E-state index < -0.39 is 0 Å². The predicted octanol–water partition coefficient (Wildman–Crippen LogP) is 2.61. The van der Waals surface area contributed by atoms with Gasteiger partial charge in [-0.3, -0.25) is 4.79 Å². The van der Waals surface area contributed by atoms with Gasteiger partial charge in [-0.25, -0.2) is 0 Å². The largest absolute Gasteiger partial charge is 0.383 e. The van der Waals surface area contributed by atoms with E-state index in [4.69, 9.17) is 11.6 Å². The molecular weight excluding hydrogens is 236 g/mol. The van der Waals surface area contributed by atoms with Crippen molar-refractivity contribution in [2.24, 2.45) is 0 Å². The number of nitrogens with zero attached hydrogens (tertiary/aromatic N) is 1. The molecule has 0 fully saturated rings. The molecule has 1 aromatic heterocycles. The molecule has 0 aliphatic carbocycles. The summed E-state index contributed by atoms with van der Waals surface area (Å²) in [5.74, 6) is 0. The number of benzene rings is 1. The van der Waals surface area contributed by atoms with Gasteiger partial charge < -0.3 is 9.88 Å². The van der Waals surface area contributed by atoms with Crippen molar-refractivity contribution < 1.29 is 0 Å². The highest BCUT2D eigenvalue weighted by molar-refractivity contribution is 6.30. The van der Waals surface area contributed by atoms with Gasteiger partial charge in [-0.2, -0.15) is 0 Å². The van der Waals surface area contributed by atoms with Crippen LogP contribution in [0.25, 0.3) is 0 Å². The highest BCUT2D eigenvalue weighted by atomic mass is 35.5. The number of anilines is 1. The molecule has 17 heavy (non-hydrogen) atoms. The average molecular weight is 249 g/mol. The summed E-state index contributed by atoms with van der Waals surface area (Å²) in [6.45, 7) is 1.32. The van der Waals surface area contributed by atoms with Crippen LogP contribution in [0.2, 0.25) is 5.02 Å². The highest BCUT2D eigenvalue weighted by Crippen LogP contribution is 2.14. The van der Waals surface area contributed by atoms with Crippen LogP contribution in [0.15, 0.2) is 53.5 Å². The Morgan fingerprint density at radius 3 is 2.82 bits per heavy atom. The van der Waals surface area contributed by atoms with Crippen molar-refractivity contribution in [1.82, 2.24) is 4.57 Å². The van der Waals surface area contributed by atoms with Gasteiger partial charge in [0.25, 0.3) is 5.56 Å². The minimum atomic E-state index is 0.0143. The van der Waals surface area contributed by atoms with Crippen molar-refractivity contribution >= 4 is 17.3 Å². The third kappa shape index (κ3) is 3.36. The van der Waals surface area contributed by atoms with Crippen LogP contribution in [0.1, 0.15) is 0 Å². The molecule has 4 heteroatoms. The van der Waals surface area contributed by atoms with E-state index in [1.807, 2.05) is 30.3 Å². The van der Waals surface area contributed by atoms with Gasteiger partial charge in [0.1, 0.15) is 0 Å². The van der Waals surface area contributed by atoms with Crippen LogP contribution < -0.4 is 10.9 Å². The minimum absolute atomic E-state index is 0.0143. The van der Waals surface area contributed by atoms with E-state index >= 15 is 0 Å². The molecule has 0 radical (unpaired) electrons. The third-order valence-electron chi connectivity index (χ3n) is 2.41. The average Bonchev–Trinajstić information content (AvgIpc) is 2.32. The molecule has 1 aromatic carbocycles. The van der Waals surface area contributed by atoms with Crippen molar-refractivity contribution in [2.75, 3.05) is 11.9 Å². The lowest BCUT2D eigenvalue weighted by molar-refractivity contribution is 0.697. The molecule has 0 unspecified atom stereocenters. The van der Waals surface area contributed by atoms with Gasteiger partial charge >= 0.3 is 0 Å². The molecule has 0 spiro atoms. The summed E-state index contributed by atoms with van der Waals surface area (Å²) < 4.78 is 1.66. The number of hydrogen-bond acceptors (Lipinski definition) is 2. The van der Waals surface area contributed by atoms with Crippen LogP contribution in [0.4, 0.5) is 5.69 Å². The van der Waals surface area contributed by atoms with Gasteiger partial charge in [0.05, 0.1) is 0 Å². The molecule has 3 nitrogen and oxygen atoms in total. The fourth-order valence-corrected chi connectivity index (χ4v) is 1.75. The predicted molar refractivity (Wildman–Crippen MR) is 70.6 cm³/mol. The van der Waals surface area contributed by atoms with Gasteiger partial charge in [0.2, 0.25) is 0 Å². The van der Waals surface area contributed by atoms with Crippen LogP contribution in [-0.2, 0) is 6.54 Å². The quantitative estimate of drug-likeness (QED) is 0.903. The molecular formula is C13H13ClN2O. The lowest BCUT2D eigenvalue weighted by Crippen LogP contribution is -2.21. The maximum atomic E-state index is 11.4. The molecule has 1 N–H and O–H groups in total. The molecule has 0 amide bonds. The van der Waals surface area contributed by atoms with Crippen LogP contribution >= 0.6 is 11.6 Å². The zero-order chi connectivity index (χ0) is 12.1. The Bertz CT molecular complexity index is 551. The second kappa shape index (κ2) is 5.55. The first-order valence-corrected chi connectivity index (χ1v) is 5.78. The van der Waals surface area contributed by atoms with E-state index in [1.165, 1.54) is 0 Å². The maximum Gasteiger partial charge on any atom is 0.250 e. The number of nitrogens with one attached hydrogen (secondary N) is 1. The normalized spacial score (nSPS) is 10.2. The molecule has 0 bridgehead atoms. The third-order valence-corrected chi connectivity index (χ3v) is 2.64.